The molecular weight excluding hydrogens is 296 g/mol. The third-order valence-corrected chi connectivity index (χ3v) is 4.31. The summed E-state index contributed by atoms with van der Waals surface area (Å²) in [6.07, 6.45) is 3.86. The van der Waals surface area contributed by atoms with Gasteiger partial charge < -0.3 is 9.84 Å². The highest BCUT2D eigenvalue weighted by molar-refractivity contribution is 9.10. The molecule has 1 fully saturated rings. The first-order valence-electron chi connectivity index (χ1n) is 6.19. The number of carboxylic acids is 1. The van der Waals surface area contributed by atoms with Crippen molar-refractivity contribution in [1.29, 1.82) is 0 Å². The van der Waals surface area contributed by atoms with Crippen LogP contribution in [-0.2, 0) is 4.79 Å². The summed E-state index contributed by atoms with van der Waals surface area (Å²) >= 11 is 3.46. The molecule has 1 aliphatic carbocycles. The van der Waals surface area contributed by atoms with Crippen LogP contribution in [0.1, 0.15) is 37.2 Å². The molecule has 2 rings (SSSR count). The van der Waals surface area contributed by atoms with Crippen molar-refractivity contribution < 1.29 is 14.6 Å². The first-order chi connectivity index (χ1) is 8.63. The van der Waals surface area contributed by atoms with Crippen LogP contribution in [0.2, 0.25) is 0 Å². The summed E-state index contributed by atoms with van der Waals surface area (Å²) in [4.78, 5) is 11.3. The lowest BCUT2D eigenvalue weighted by Gasteiger charge is -2.29. The monoisotopic (exact) mass is 312 g/mol. The van der Waals surface area contributed by atoms with Crippen molar-refractivity contribution in [2.45, 2.75) is 31.6 Å². The Bertz CT molecular complexity index is 445. The van der Waals surface area contributed by atoms with Gasteiger partial charge in [0, 0.05) is 0 Å². The number of rotatable bonds is 3. The van der Waals surface area contributed by atoms with E-state index in [1.807, 2.05) is 18.2 Å². The highest BCUT2D eigenvalue weighted by Crippen LogP contribution is 2.40. The minimum atomic E-state index is -0.674. The van der Waals surface area contributed by atoms with Crippen molar-refractivity contribution >= 4 is 21.9 Å². The van der Waals surface area contributed by atoms with Gasteiger partial charge in [-0.2, -0.15) is 0 Å². The van der Waals surface area contributed by atoms with Crippen LogP contribution in [0.25, 0.3) is 0 Å². The summed E-state index contributed by atoms with van der Waals surface area (Å²) in [5.74, 6) is -0.0226. The number of methoxy groups -OCH3 is 1. The van der Waals surface area contributed by atoms with Crippen LogP contribution >= 0.6 is 15.9 Å². The van der Waals surface area contributed by atoms with Gasteiger partial charge >= 0.3 is 5.97 Å². The van der Waals surface area contributed by atoms with Crippen LogP contribution in [0.4, 0.5) is 0 Å². The second-order valence-corrected chi connectivity index (χ2v) is 5.58. The van der Waals surface area contributed by atoms with E-state index in [0.29, 0.717) is 0 Å². The third kappa shape index (κ3) is 2.69. The maximum Gasteiger partial charge on any atom is 0.307 e. The zero-order valence-corrected chi connectivity index (χ0v) is 11.9. The van der Waals surface area contributed by atoms with Gasteiger partial charge in [0.1, 0.15) is 5.75 Å². The first-order valence-corrected chi connectivity index (χ1v) is 6.99. The van der Waals surface area contributed by atoms with Crippen molar-refractivity contribution in [2.24, 2.45) is 5.92 Å². The van der Waals surface area contributed by atoms with Crippen LogP contribution in [0, 0.1) is 5.92 Å². The van der Waals surface area contributed by atoms with Gasteiger partial charge in [-0.15, -0.1) is 0 Å². The zero-order chi connectivity index (χ0) is 13.1. The molecule has 1 N–H and O–H groups in total. The average molecular weight is 313 g/mol. The molecule has 0 aromatic heterocycles. The standard InChI is InChI=1S/C14H17BrO3/c1-18-13-7-6-9(8-12(13)15)10-4-2-3-5-11(10)14(16)17/h6-8,10-11H,2-5H2,1H3,(H,16,17). The molecule has 0 saturated heterocycles. The zero-order valence-electron chi connectivity index (χ0n) is 10.4. The Morgan fingerprint density at radius 2 is 2.11 bits per heavy atom. The Morgan fingerprint density at radius 1 is 1.39 bits per heavy atom. The predicted octanol–water partition coefficient (Wildman–Crippen LogP) is 3.82. The highest BCUT2D eigenvalue weighted by Gasteiger charge is 2.32. The fourth-order valence-electron chi connectivity index (χ4n) is 2.74. The highest BCUT2D eigenvalue weighted by atomic mass is 79.9. The lowest BCUT2D eigenvalue weighted by Crippen LogP contribution is -2.25. The summed E-state index contributed by atoms with van der Waals surface area (Å²) in [5, 5.41) is 9.30. The van der Waals surface area contributed by atoms with Crippen molar-refractivity contribution in [1.82, 2.24) is 0 Å². The van der Waals surface area contributed by atoms with Crippen LogP contribution in [0.3, 0.4) is 0 Å². The third-order valence-electron chi connectivity index (χ3n) is 3.69. The molecule has 2 atom stereocenters. The van der Waals surface area contributed by atoms with Crippen molar-refractivity contribution in [2.75, 3.05) is 7.11 Å². The number of halogens is 1. The number of hydrogen-bond donors (Lipinski definition) is 1. The van der Waals surface area contributed by atoms with Gasteiger partial charge in [0.15, 0.2) is 0 Å². The number of carbonyl (C=O) groups is 1. The molecule has 2 unspecified atom stereocenters. The van der Waals surface area contributed by atoms with Gasteiger partial charge in [0.2, 0.25) is 0 Å². The number of aliphatic carboxylic acids is 1. The lowest BCUT2D eigenvalue weighted by atomic mass is 9.75. The van der Waals surface area contributed by atoms with Crippen LogP contribution in [-0.4, -0.2) is 18.2 Å². The number of ether oxygens (including phenoxy) is 1. The van der Waals surface area contributed by atoms with E-state index >= 15 is 0 Å². The van der Waals surface area contributed by atoms with Gasteiger partial charge in [-0.1, -0.05) is 18.9 Å². The fraction of sp³-hybridized carbons (Fsp3) is 0.500. The SMILES string of the molecule is COc1ccc(C2CCCCC2C(=O)O)cc1Br. The Balaban J connectivity index is 2.28. The molecular formula is C14H17BrO3. The summed E-state index contributed by atoms with van der Waals surface area (Å²) in [6.45, 7) is 0. The Hall–Kier alpha value is -1.03. The molecule has 18 heavy (non-hydrogen) atoms. The molecule has 0 amide bonds. The first kappa shape index (κ1) is 13.4. The van der Waals surface area contributed by atoms with E-state index < -0.39 is 5.97 Å². The van der Waals surface area contributed by atoms with E-state index in [1.165, 1.54) is 0 Å². The topological polar surface area (TPSA) is 46.5 Å². The fourth-order valence-corrected chi connectivity index (χ4v) is 3.30. The molecule has 1 aromatic carbocycles. The number of benzene rings is 1. The van der Waals surface area contributed by atoms with E-state index in [1.54, 1.807) is 7.11 Å². The summed E-state index contributed by atoms with van der Waals surface area (Å²) in [5.41, 5.74) is 1.09. The van der Waals surface area contributed by atoms with E-state index in [9.17, 15) is 9.90 Å². The minimum Gasteiger partial charge on any atom is -0.496 e. The molecule has 0 bridgehead atoms. The second kappa shape index (κ2) is 5.74. The largest absolute Gasteiger partial charge is 0.496 e. The van der Waals surface area contributed by atoms with Gasteiger partial charge in [0.25, 0.3) is 0 Å². The summed E-state index contributed by atoms with van der Waals surface area (Å²) < 4.78 is 6.08. The van der Waals surface area contributed by atoms with Crippen molar-refractivity contribution in [3.8, 4) is 5.75 Å². The molecule has 1 aromatic rings. The van der Waals surface area contributed by atoms with E-state index in [4.69, 9.17) is 4.74 Å². The van der Waals surface area contributed by atoms with E-state index in [2.05, 4.69) is 15.9 Å². The van der Waals surface area contributed by atoms with E-state index in [0.717, 1.165) is 41.5 Å². The van der Waals surface area contributed by atoms with Crippen molar-refractivity contribution in [3.05, 3.63) is 28.2 Å². The smallest absolute Gasteiger partial charge is 0.307 e. The molecule has 1 aliphatic rings. The maximum atomic E-state index is 11.3. The van der Waals surface area contributed by atoms with Crippen LogP contribution in [0.15, 0.2) is 22.7 Å². The number of hydrogen-bond acceptors (Lipinski definition) is 2. The Labute approximate surface area is 115 Å². The Morgan fingerprint density at radius 3 is 2.72 bits per heavy atom. The molecule has 1 saturated carbocycles. The molecule has 0 heterocycles. The second-order valence-electron chi connectivity index (χ2n) is 4.73. The lowest BCUT2D eigenvalue weighted by molar-refractivity contribution is -0.143. The molecule has 0 radical (unpaired) electrons. The minimum absolute atomic E-state index is 0.124. The van der Waals surface area contributed by atoms with Gasteiger partial charge in [-0.05, 0) is 52.4 Å². The molecule has 4 heteroatoms. The Kier molecular flexibility index (Phi) is 4.27. The van der Waals surface area contributed by atoms with Gasteiger partial charge in [-0.25, -0.2) is 0 Å². The average Bonchev–Trinajstić information content (AvgIpc) is 2.38. The van der Waals surface area contributed by atoms with Gasteiger partial charge in [-0.3, -0.25) is 4.79 Å². The predicted molar refractivity (Wildman–Crippen MR) is 73.0 cm³/mol. The molecule has 98 valence electrons. The molecule has 0 spiro atoms. The van der Waals surface area contributed by atoms with Crippen LogP contribution in [0.5, 0.6) is 5.75 Å². The molecule has 0 aliphatic heterocycles. The number of carboxylic acid groups (broad SMARTS) is 1. The van der Waals surface area contributed by atoms with E-state index in [-0.39, 0.29) is 11.8 Å². The van der Waals surface area contributed by atoms with Gasteiger partial charge in [0.05, 0.1) is 17.5 Å². The quantitative estimate of drug-likeness (QED) is 0.923. The van der Waals surface area contributed by atoms with Crippen molar-refractivity contribution in [3.63, 3.8) is 0 Å². The van der Waals surface area contributed by atoms with Crippen LogP contribution < -0.4 is 4.74 Å². The summed E-state index contributed by atoms with van der Waals surface area (Å²) in [7, 11) is 1.63. The summed E-state index contributed by atoms with van der Waals surface area (Å²) in [6, 6.07) is 5.87. The maximum absolute atomic E-state index is 11.3. The normalized spacial score (nSPS) is 23.7. The molecule has 3 nitrogen and oxygen atoms in total.